The number of methoxy groups -OCH3 is 2. The van der Waals surface area contributed by atoms with Crippen LogP contribution in [0.4, 0.5) is 26.3 Å². The molecule has 0 saturated carbocycles. The highest BCUT2D eigenvalue weighted by atomic mass is 32.2. The maximum absolute atomic E-state index is 13.4. The van der Waals surface area contributed by atoms with Gasteiger partial charge >= 0.3 is 12.4 Å². The van der Waals surface area contributed by atoms with Crippen LogP contribution >= 0.6 is 11.8 Å². The summed E-state index contributed by atoms with van der Waals surface area (Å²) in [5, 5.41) is 0. The molecule has 0 spiro atoms. The summed E-state index contributed by atoms with van der Waals surface area (Å²) in [6.07, 6.45) is -7.83. The van der Waals surface area contributed by atoms with E-state index in [9.17, 15) is 26.3 Å². The fourth-order valence-electron chi connectivity index (χ4n) is 3.50. The smallest absolute Gasteiger partial charge is 0.416 e. The lowest BCUT2D eigenvalue weighted by atomic mass is 10.0. The highest BCUT2D eigenvalue weighted by Crippen LogP contribution is 2.38. The van der Waals surface area contributed by atoms with Crippen molar-refractivity contribution >= 4 is 11.8 Å². The molecular formula is C24H28F6O4S. The van der Waals surface area contributed by atoms with Gasteiger partial charge in [0.05, 0.1) is 11.1 Å². The molecule has 2 rings (SSSR count). The molecule has 2 aromatic carbocycles. The van der Waals surface area contributed by atoms with Crippen LogP contribution in [0, 0.1) is 0 Å². The molecule has 2 aromatic rings. The first-order valence-electron chi connectivity index (χ1n) is 10.8. The number of benzene rings is 2. The van der Waals surface area contributed by atoms with E-state index < -0.39 is 23.5 Å². The molecular weight excluding hydrogens is 498 g/mol. The summed E-state index contributed by atoms with van der Waals surface area (Å²) in [6.45, 7) is -0.336. The molecule has 0 heterocycles. The lowest BCUT2D eigenvalue weighted by Gasteiger charge is -2.17. The third-order valence-electron chi connectivity index (χ3n) is 4.97. The lowest BCUT2D eigenvalue weighted by Crippen LogP contribution is -2.12. The number of ether oxygens (including phenoxy) is 4. The summed E-state index contributed by atoms with van der Waals surface area (Å²) in [7, 11) is 2.76. The number of rotatable bonds is 14. The SMILES string of the molecule is COCOc1cccc(C(F)(F)F)c1CCCSCCCc1c(OCOC)cccc1C(F)(F)F. The zero-order chi connectivity index (χ0) is 25.9. The number of halogens is 6. The van der Waals surface area contributed by atoms with Gasteiger partial charge in [0, 0.05) is 25.3 Å². The molecule has 0 bridgehead atoms. The molecule has 0 N–H and O–H groups in total. The maximum atomic E-state index is 13.4. The first-order chi connectivity index (χ1) is 16.6. The Morgan fingerprint density at radius 2 is 1.06 bits per heavy atom. The Morgan fingerprint density at radius 1 is 0.657 bits per heavy atom. The molecule has 11 heteroatoms. The highest BCUT2D eigenvalue weighted by molar-refractivity contribution is 7.99. The monoisotopic (exact) mass is 526 g/mol. The summed E-state index contributed by atoms with van der Waals surface area (Å²) in [5.74, 6) is 1.34. The molecule has 196 valence electrons. The van der Waals surface area contributed by atoms with Gasteiger partial charge < -0.3 is 18.9 Å². The lowest BCUT2D eigenvalue weighted by molar-refractivity contribution is -0.139. The maximum Gasteiger partial charge on any atom is 0.416 e. The van der Waals surface area contributed by atoms with Gasteiger partial charge in [-0.25, -0.2) is 0 Å². The van der Waals surface area contributed by atoms with Crippen molar-refractivity contribution in [2.24, 2.45) is 0 Å². The highest BCUT2D eigenvalue weighted by Gasteiger charge is 2.35. The van der Waals surface area contributed by atoms with Crippen molar-refractivity contribution in [1.29, 1.82) is 0 Å². The van der Waals surface area contributed by atoms with Crippen LogP contribution < -0.4 is 9.47 Å². The molecule has 0 atom stereocenters. The second kappa shape index (κ2) is 13.8. The van der Waals surface area contributed by atoms with Crippen LogP contribution in [-0.4, -0.2) is 39.3 Å². The van der Waals surface area contributed by atoms with E-state index in [2.05, 4.69) is 0 Å². The van der Waals surface area contributed by atoms with Crippen molar-refractivity contribution < 1.29 is 45.3 Å². The van der Waals surface area contributed by atoms with Crippen LogP contribution in [0.2, 0.25) is 0 Å². The van der Waals surface area contributed by atoms with Crippen LogP contribution in [-0.2, 0) is 34.7 Å². The molecule has 4 nitrogen and oxygen atoms in total. The van der Waals surface area contributed by atoms with Crippen LogP contribution in [0.15, 0.2) is 36.4 Å². The van der Waals surface area contributed by atoms with Gasteiger partial charge in [-0.05, 0) is 61.5 Å². The quantitative estimate of drug-likeness (QED) is 0.151. The molecule has 0 aliphatic carbocycles. The van der Waals surface area contributed by atoms with Crippen LogP contribution in [0.1, 0.15) is 35.1 Å². The summed E-state index contributed by atoms with van der Waals surface area (Å²) >= 11 is 1.47. The topological polar surface area (TPSA) is 36.9 Å². The van der Waals surface area contributed by atoms with Gasteiger partial charge in [-0.15, -0.1) is 0 Å². The minimum atomic E-state index is -4.51. The Balaban J connectivity index is 1.93. The van der Waals surface area contributed by atoms with Gasteiger partial charge in [-0.3, -0.25) is 0 Å². The Labute approximate surface area is 204 Å². The largest absolute Gasteiger partial charge is 0.467 e. The number of thioether (sulfide) groups is 1. The molecule has 35 heavy (non-hydrogen) atoms. The third-order valence-corrected chi connectivity index (χ3v) is 6.13. The van der Waals surface area contributed by atoms with Crippen LogP contribution in [0.3, 0.4) is 0 Å². The van der Waals surface area contributed by atoms with E-state index in [1.165, 1.54) is 50.2 Å². The van der Waals surface area contributed by atoms with Crippen molar-refractivity contribution in [1.82, 2.24) is 0 Å². The van der Waals surface area contributed by atoms with Crippen LogP contribution in [0.25, 0.3) is 0 Å². The molecule has 0 fully saturated rings. The summed E-state index contributed by atoms with van der Waals surface area (Å²) < 4.78 is 101. The van der Waals surface area contributed by atoms with E-state index in [1.807, 2.05) is 0 Å². The van der Waals surface area contributed by atoms with Crippen LogP contribution in [0.5, 0.6) is 11.5 Å². The first kappa shape index (κ1) is 29.1. The fraction of sp³-hybridized carbons (Fsp3) is 0.500. The van der Waals surface area contributed by atoms with Gasteiger partial charge in [0.1, 0.15) is 11.5 Å². The van der Waals surface area contributed by atoms with E-state index in [4.69, 9.17) is 18.9 Å². The Bertz CT molecular complexity index is 844. The third kappa shape index (κ3) is 9.12. The number of hydrogen-bond donors (Lipinski definition) is 0. The Hall–Kier alpha value is -2.11. The van der Waals surface area contributed by atoms with Gasteiger partial charge in [-0.2, -0.15) is 38.1 Å². The van der Waals surface area contributed by atoms with Gasteiger partial charge in [0.15, 0.2) is 13.6 Å². The van der Waals surface area contributed by atoms with Crippen molar-refractivity contribution in [3.63, 3.8) is 0 Å². The molecule has 0 saturated heterocycles. The minimum Gasteiger partial charge on any atom is -0.467 e. The standard InChI is InChI=1S/C24H28F6O4S/c1-31-15-33-21-11-3-9-19(23(25,26)27)17(21)7-5-13-35-14-6-8-18-20(24(28,29)30)10-4-12-22(18)34-16-32-2/h3-4,9-12H,5-8,13-16H2,1-2H3. The minimum absolute atomic E-state index is 0.0664. The molecule has 0 radical (unpaired) electrons. The van der Waals surface area contributed by atoms with Crippen molar-refractivity contribution in [3.8, 4) is 11.5 Å². The van der Waals surface area contributed by atoms with E-state index in [1.54, 1.807) is 0 Å². The molecule has 0 unspecified atom stereocenters. The van der Waals surface area contributed by atoms with Gasteiger partial charge in [-0.1, -0.05) is 12.1 Å². The summed E-state index contributed by atoms with van der Waals surface area (Å²) in [5.41, 5.74) is -1.36. The molecule has 0 aliphatic rings. The second-order valence-electron chi connectivity index (χ2n) is 7.48. The van der Waals surface area contributed by atoms with Crippen molar-refractivity contribution in [2.75, 3.05) is 39.3 Å². The molecule has 0 aromatic heterocycles. The average molecular weight is 527 g/mol. The van der Waals surface area contributed by atoms with E-state index in [-0.39, 0.29) is 49.1 Å². The zero-order valence-electron chi connectivity index (χ0n) is 19.4. The Kier molecular flexibility index (Phi) is 11.5. The Morgan fingerprint density at radius 3 is 1.40 bits per heavy atom. The molecule has 0 aliphatic heterocycles. The summed E-state index contributed by atoms with van der Waals surface area (Å²) in [6, 6.07) is 7.55. The zero-order valence-corrected chi connectivity index (χ0v) is 20.2. The van der Waals surface area contributed by atoms with Crippen molar-refractivity contribution in [3.05, 3.63) is 58.7 Å². The van der Waals surface area contributed by atoms with Gasteiger partial charge in [0.2, 0.25) is 0 Å². The van der Waals surface area contributed by atoms with E-state index in [0.717, 1.165) is 12.1 Å². The predicted octanol–water partition coefficient (Wildman–Crippen LogP) is 6.99. The number of hydrogen-bond acceptors (Lipinski definition) is 5. The van der Waals surface area contributed by atoms with Gasteiger partial charge in [0.25, 0.3) is 0 Å². The molecule has 0 amide bonds. The fourth-order valence-corrected chi connectivity index (χ4v) is 4.40. The second-order valence-corrected chi connectivity index (χ2v) is 8.71. The number of alkyl halides is 6. The van der Waals surface area contributed by atoms with E-state index >= 15 is 0 Å². The first-order valence-corrected chi connectivity index (χ1v) is 11.9. The summed E-state index contributed by atoms with van der Waals surface area (Å²) in [4.78, 5) is 0. The predicted molar refractivity (Wildman–Crippen MR) is 122 cm³/mol. The normalized spacial score (nSPS) is 12.1. The van der Waals surface area contributed by atoms with E-state index in [0.29, 0.717) is 24.3 Å². The average Bonchev–Trinajstić information content (AvgIpc) is 2.80. The van der Waals surface area contributed by atoms with Crippen molar-refractivity contribution in [2.45, 2.75) is 38.0 Å².